The first-order chi connectivity index (χ1) is 8.49. The lowest BCUT2D eigenvalue weighted by atomic mass is 10.0. The molecule has 0 radical (unpaired) electrons. The highest BCUT2D eigenvalue weighted by molar-refractivity contribution is 6.30. The zero-order valence-corrected chi connectivity index (χ0v) is 11.8. The standard InChI is InChI=1S/C14H18ClN3/c1-9-4-5-10(2)11(8-9)6-7-12-13(15)17-14(16)18(12)3/h4-5,8H,6-7H2,1-3H3,(H2,16,17). The minimum Gasteiger partial charge on any atom is -0.369 e. The molecule has 0 spiro atoms. The van der Waals surface area contributed by atoms with Crippen molar-refractivity contribution in [3.8, 4) is 0 Å². The van der Waals surface area contributed by atoms with Gasteiger partial charge in [-0.1, -0.05) is 35.4 Å². The monoisotopic (exact) mass is 263 g/mol. The predicted octanol–water partition coefficient (Wildman–Crippen LogP) is 3.06. The van der Waals surface area contributed by atoms with E-state index < -0.39 is 0 Å². The Morgan fingerprint density at radius 3 is 2.61 bits per heavy atom. The average molecular weight is 264 g/mol. The first-order valence-electron chi connectivity index (χ1n) is 6.01. The van der Waals surface area contributed by atoms with Crippen LogP contribution in [0.2, 0.25) is 5.15 Å². The molecule has 1 heterocycles. The first kappa shape index (κ1) is 13.0. The molecule has 0 saturated heterocycles. The van der Waals surface area contributed by atoms with Crippen LogP contribution in [-0.4, -0.2) is 9.55 Å². The highest BCUT2D eigenvalue weighted by atomic mass is 35.5. The number of imidazole rings is 1. The molecule has 0 atom stereocenters. The van der Waals surface area contributed by atoms with Gasteiger partial charge in [0, 0.05) is 7.05 Å². The molecule has 3 nitrogen and oxygen atoms in total. The van der Waals surface area contributed by atoms with Gasteiger partial charge in [-0.15, -0.1) is 0 Å². The van der Waals surface area contributed by atoms with E-state index in [4.69, 9.17) is 17.3 Å². The molecule has 2 N–H and O–H groups in total. The van der Waals surface area contributed by atoms with Gasteiger partial charge in [-0.3, -0.25) is 0 Å². The number of nitrogen functional groups attached to an aromatic ring is 1. The second kappa shape index (κ2) is 5.02. The molecule has 0 aliphatic heterocycles. The quantitative estimate of drug-likeness (QED) is 0.925. The smallest absolute Gasteiger partial charge is 0.201 e. The molecule has 4 heteroatoms. The van der Waals surface area contributed by atoms with Crippen molar-refractivity contribution < 1.29 is 0 Å². The third-order valence-corrected chi connectivity index (χ3v) is 3.64. The lowest BCUT2D eigenvalue weighted by Gasteiger charge is -2.08. The van der Waals surface area contributed by atoms with E-state index in [-0.39, 0.29) is 0 Å². The van der Waals surface area contributed by atoms with Crippen LogP contribution in [0.4, 0.5) is 5.95 Å². The van der Waals surface area contributed by atoms with E-state index >= 15 is 0 Å². The summed E-state index contributed by atoms with van der Waals surface area (Å²) in [5.74, 6) is 0.468. The van der Waals surface area contributed by atoms with Gasteiger partial charge in [0.15, 0.2) is 5.15 Å². The molecule has 0 aliphatic rings. The molecule has 0 saturated carbocycles. The van der Waals surface area contributed by atoms with Gasteiger partial charge >= 0.3 is 0 Å². The number of benzene rings is 1. The molecular weight excluding hydrogens is 246 g/mol. The number of halogens is 1. The number of nitrogens with two attached hydrogens (primary N) is 1. The molecule has 96 valence electrons. The van der Waals surface area contributed by atoms with E-state index in [1.165, 1.54) is 16.7 Å². The Labute approximate surface area is 113 Å². The number of hydrogen-bond acceptors (Lipinski definition) is 2. The van der Waals surface area contributed by atoms with Crippen LogP contribution in [0.25, 0.3) is 0 Å². The number of anilines is 1. The van der Waals surface area contributed by atoms with Crippen molar-refractivity contribution in [3.63, 3.8) is 0 Å². The maximum atomic E-state index is 6.08. The van der Waals surface area contributed by atoms with Crippen molar-refractivity contribution in [3.05, 3.63) is 45.7 Å². The van der Waals surface area contributed by atoms with Gasteiger partial charge in [-0.2, -0.15) is 0 Å². The van der Waals surface area contributed by atoms with Crippen LogP contribution in [0.3, 0.4) is 0 Å². The molecule has 0 fully saturated rings. The number of rotatable bonds is 3. The summed E-state index contributed by atoms with van der Waals surface area (Å²) in [6.07, 6.45) is 1.80. The van der Waals surface area contributed by atoms with Gasteiger partial charge in [-0.25, -0.2) is 4.98 Å². The third kappa shape index (κ3) is 2.51. The van der Waals surface area contributed by atoms with Gasteiger partial charge in [-0.05, 0) is 37.8 Å². The summed E-state index contributed by atoms with van der Waals surface area (Å²) in [5.41, 5.74) is 10.7. The Balaban J connectivity index is 2.19. The molecular formula is C14H18ClN3. The maximum Gasteiger partial charge on any atom is 0.201 e. The van der Waals surface area contributed by atoms with Crippen molar-refractivity contribution in [1.82, 2.24) is 9.55 Å². The molecule has 0 amide bonds. The Morgan fingerprint density at radius 1 is 1.28 bits per heavy atom. The average Bonchev–Trinajstić information content (AvgIpc) is 2.55. The van der Waals surface area contributed by atoms with Gasteiger partial charge in [0.2, 0.25) is 5.95 Å². The Hall–Kier alpha value is -1.48. The number of aromatic nitrogens is 2. The normalized spacial score (nSPS) is 10.9. The Morgan fingerprint density at radius 2 is 2.00 bits per heavy atom. The summed E-state index contributed by atoms with van der Waals surface area (Å²) in [6.45, 7) is 4.24. The summed E-state index contributed by atoms with van der Waals surface area (Å²) in [4.78, 5) is 4.07. The molecule has 2 rings (SSSR count). The van der Waals surface area contributed by atoms with Crippen LogP contribution in [-0.2, 0) is 19.9 Å². The second-order valence-corrected chi connectivity index (χ2v) is 5.05. The molecule has 0 bridgehead atoms. The van der Waals surface area contributed by atoms with Crippen molar-refractivity contribution in [2.45, 2.75) is 26.7 Å². The van der Waals surface area contributed by atoms with E-state index in [1.807, 2.05) is 11.6 Å². The summed E-state index contributed by atoms with van der Waals surface area (Å²) in [7, 11) is 1.90. The summed E-state index contributed by atoms with van der Waals surface area (Å²) >= 11 is 6.08. The maximum absolute atomic E-state index is 6.08. The molecule has 1 aromatic heterocycles. The minimum atomic E-state index is 0.468. The number of hydrogen-bond donors (Lipinski definition) is 1. The highest BCUT2D eigenvalue weighted by Gasteiger charge is 2.11. The zero-order valence-electron chi connectivity index (χ0n) is 11.0. The molecule has 0 aliphatic carbocycles. The molecule has 1 aromatic carbocycles. The summed E-state index contributed by atoms with van der Waals surface area (Å²) in [5, 5.41) is 0.514. The number of aryl methyl sites for hydroxylation is 3. The van der Waals surface area contributed by atoms with Gasteiger partial charge in [0.1, 0.15) is 0 Å². The van der Waals surface area contributed by atoms with E-state index in [0.717, 1.165) is 18.5 Å². The van der Waals surface area contributed by atoms with Crippen molar-refractivity contribution >= 4 is 17.5 Å². The van der Waals surface area contributed by atoms with Gasteiger partial charge in [0.25, 0.3) is 0 Å². The second-order valence-electron chi connectivity index (χ2n) is 4.70. The fourth-order valence-electron chi connectivity index (χ4n) is 2.11. The van der Waals surface area contributed by atoms with Crippen LogP contribution in [0, 0.1) is 13.8 Å². The van der Waals surface area contributed by atoms with Crippen LogP contribution >= 0.6 is 11.6 Å². The van der Waals surface area contributed by atoms with Crippen LogP contribution in [0.5, 0.6) is 0 Å². The van der Waals surface area contributed by atoms with Gasteiger partial charge < -0.3 is 10.3 Å². The van der Waals surface area contributed by atoms with Crippen LogP contribution in [0.1, 0.15) is 22.4 Å². The van der Waals surface area contributed by atoms with E-state index in [2.05, 4.69) is 37.0 Å². The van der Waals surface area contributed by atoms with E-state index in [1.54, 1.807) is 0 Å². The summed E-state index contributed by atoms with van der Waals surface area (Å²) < 4.78 is 1.85. The zero-order chi connectivity index (χ0) is 13.3. The Kier molecular flexibility index (Phi) is 3.62. The van der Waals surface area contributed by atoms with Gasteiger partial charge in [0.05, 0.1) is 5.69 Å². The van der Waals surface area contributed by atoms with Crippen LogP contribution in [0.15, 0.2) is 18.2 Å². The topological polar surface area (TPSA) is 43.8 Å². The van der Waals surface area contributed by atoms with E-state index in [9.17, 15) is 0 Å². The highest BCUT2D eigenvalue weighted by Crippen LogP contribution is 2.20. The first-order valence-corrected chi connectivity index (χ1v) is 6.39. The predicted molar refractivity (Wildman–Crippen MR) is 76.0 cm³/mol. The fourth-order valence-corrected chi connectivity index (χ4v) is 2.42. The molecule has 18 heavy (non-hydrogen) atoms. The SMILES string of the molecule is Cc1ccc(C)c(CCc2c(Cl)nc(N)n2C)c1. The third-order valence-electron chi connectivity index (χ3n) is 3.34. The van der Waals surface area contributed by atoms with Crippen LogP contribution < -0.4 is 5.73 Å². The lowest BCUT2D eigenvalue weighted by Crippen LogP contribution is -2.03. The summed E-state index contributed by atoms with van der Waals surface area (Å²) in [6, 6.07) is 6.51. The minimum absolute atomic E-state index is 0.468. The number of nitrogens with zero attached hydrogens (tertiary/aromatic N) is 2. The van der Waals surface area contributed by atoms with Crippen molar-refractivity contribution in [1.29, 1.82) is 0 Å². The molecule has 0 unspecified atom stereocenters. The molecule has 2 aromatic rings. The van der Waals surface area contributed by atoms with Crippen molar-refractivity contribution in [2.75, 3.05) is 5.73 Å². The Bertz CT molecular complexity index is 573. The lowest BCUT2D eigenvalue weighted by molar-refractivity contribution is 0.805. The largest absolute Gasteiger partial charge is 0.369 e. The fraction of sp³-hybridized carbons (Fsp3) is 0.357. The van der Waals surface area contributed by atoms with Crippen molar-refractivity contribution in [2.24, 2.45) is 7.05 Å². The van der Waals surface area contributed by atoms with E-state index in [0.29, 0.717) is 11.1 Å².